The van der Waals surface area contributed by atoms with Gasteiger partial charge in [-0.25, -0.2) is 4.98 Å². The van der Waals surface area contributed by atoms with E-state index in [9.17, 15) is 0 Å². The van der Waals surface area contributed by atoms with Gasteiger partial charge in [-0.15, -0.1) is 0 Å². The molecule has 0 saturated heterocycles. The summed E-state index contributed by atoms with van der Waals surface area (Å²) < 4.78 is 2.28. The molecule has 0 saturated carbocycles. The van der Waals surface area contributed by atoms with Crippen molar-refractivity contribution in [2.45, 2.75) is 0 Å². The predicted molar refractivity (Wildman–Crippen MR) is 252 cm³/mol. The quantitative estimate of drug-likeness (QED) is 0.0848. The van der Waals surface area contributed by atoms with Gasteiger partial charge in [0.05, 0.1) is 75.3 Å². The largest absolute Gasteiger partial charge is 2.00 e. The van der Waals surface area contributed by atoms with Crippen LogP contribution >= 0.6 is 212 Å². The van der Waals surface area contributed by atoms with E-state index in [0.29, 0.717) is 76.5 Å². The third-order valence-electron chi connectivity index (χ3n) is 8.71. The van der Waals surface area contributed by atoms with Gasteiger partial charge in [-0.2, -0.15) is 0 Å². The Labute approximate surface area is 430 Å². The summed E-state index contributed by atoms with van der Waals surface area (Å²) in [6.07, 6.45) is 0. The molecule has 1 aliphatic carbocycles. The van der Waals surface area contributed by atoms with Gasteiger partial charge in [-0.1, -0.05) is 116 Å². The van der Waals surface area contributed by atoms with Gasteiger partial charge in [0.2, 0.25) is 0 Å². The normalized spacial score (nSPS) is 12.1. The molecule has 0 N–H and O–H groups in total. The number of nitrogens with zero attached hydrogens (tertiary/aromatic N) is 7. The van der Waals surface area contributed by atoms with Crippen LogP contribution in [0.2, 0.25) is 50.2 Å². The Morgan fingerprint density at radius 2 is 0.719 bits per heavy atom. The first kappa shape index (κ1) is 44.2. The third kappa shape index (κ3) is 6.54. The number of hydrogen-bond donors (Lipinski definition) is 0. The molecular weight excluding hydrogens is 1390 g/mol. The molecule has 9 rings (SSSR count). The molecule has 0 amide bonds. The second-order valence-corrected chi connectivity index (χ2v) is 20.2. The van der Waals surface area contributed by atoms with Crippen LogP contribution in [0.3, 0.4) is 0 Å². The van der Waals surface area contributed by atoms with Crippen LogP contribution in [0.5, 0.6) is 0 Å². The molecule has 2 aliphatic rings. The fourth-order valence-corrected chi connectivity index (χ4v) is 12.5. The molecule has 0 fully saturated rings. The third-order valence-corrected chi connectivity index (χ3v) is 19.6. The van der Waals surface area contributed by atoms with Gasteiger partial charge in [0.25, 0.3) is 0 Å². The summed E-state index contributed by atoms with van der Waals surface area (Å²) >= 11 is 89.8. The van der Waals surface area contributed by atoms with Gasteiger partial charge >= 0.3 is 17.1 Å². The minimum absolute atomic E-state index is 0. The van der Waals surface area contributed by atoms with Crippen molar-refractivity contribution < 1.29 is 17.1 Å². The van der Waals surface area contributed by atoms with Gasteiger partial charge < -0.3 is 29.9 Å². The van der Waals surface area contributed by atoms with E-state index in [2.05, 4.69) is 95.6 Å². The van der Waals surface area contributed by atoms with Gasteiger partial charge in [0, 0.05) is 91.2 Å². The smallest absolute Gasteiger partial charge is 0.360 e. The van der Waals surface area contributed by atoms with Crippen LogP contribution in [0.4, 0.5) is 0 Å². The summed E-state index contributed by atoms with van der Waals surface area (Å²) in [6, 6.07) is 1.67. The first-order valence-corrected chi connectivity index (χ1v) is 23.3. The van der Waals surface area contributed by atoms with Crippen LogP contribution in [0, 0.1) is 0 Å². The van der Waals surface area contributed by atoms with E-state index in [1.165, 1.54) is 0 Å². The maximum absolute atomic E-state index is 7.00. The van der Waals surface area contributed by atoms with E-state index in [1.54, 1.807) is 6.07 Å². The minimum atomic E-state index is 0. The SMILES string of the molecule is Clc1c(Cl)c(Br)c2c(c1Cl)-c1cc-2nc2[n-]c(nc3nc(nc4[n-]c(n1)c1c(Cl)c(Br)c(Cl)c(Br)c41)-c1c(Cl)c(Cl)c(Br)c(Cl)c1-3)c1c(Br)c(Cl)c(Br)c(Cl)c21.[Cu+2]. The van der Waals surface area contributed by atoms with Crippen LogP contribution in [0.1, 0.15) is 0 Å². The number of hydrogen-bond acceptors (Lipinski definition) is 5. The van der Waals surface area contributed by atoms with Crippen LogP contribution in [-0.4, -0.2) is 24.9 Å². The molecule has 3 aromatic heterocycles. The van der Waals surface area contributed by atoms with Crippen molar-refractivity contribution in [1.29, 1.82) is 0 Å². The van der Waals surface area contributed by atoms with Crippen molar-refractivity contribution in [3.8, 4) is 45.3 Å². The minimum Gasteiger partial charge on any atom is -0.360 e. The van der Waals surface area contributed by atoms with Gasteiger partial charge in [0.1, 0.15) is 0 Å². The Kier molecular flexibility index (Phi) is 12.4. The average molecular weight is 1390 g/mol. The molecule has 57 heavy (non-hydrogen) atoms. The molecule has 4 heterocycles. The number of benzene rings is 4. The van der Waals surface area contributed by atoms with Gasteiger partial charge in [-0.05, 0) is 102 Å². The predicted octanol–water partition coefficient (Wildman–Crippen LogP) is 17.8. The number of rotatable bonds is 0. The summed E-state index contributed by atoms with van der Waals surface area (Å²) in [7, 11) is 0. The summed E-state index contributed by atoms with van der Waals surface area (Å²) in [4.78, 5) is 34.5. The van der Waals surface area contributed by atoms with Crippen LogP contribution in [-0.2, 0) is 17.1 Å². The standard InChI is InChI=1S/C33HBr6Cl10N7.Cu/c34-12-4-2-1-3(5(4)21(43)27(49)25(12)47)51-31-9-7(14(36)24(46)16(38)19(9)41)29(53-31)55-33-11-10(20(42)17(39)26(48)22(11)44)32(56-33)54-28-6-8(30(50-2)52-28)18(40)15(37)23(45)13(6)35;/h1H;/q-2;+2. The van der Waals surface area contributed by atoms with E-state index >= 15 is 0 Å². The van der Waals surface area contributed by atoms with Crippen LogP contribution in [0.25, 0.3) is 89.4 Å². The zero-order valence-corrected chi connectivity index (χ0v) is 44.1. The second-order valence-electron chi connectivity index (χ2n) is 11.7. The maximum Gasteiger partial charge on any atom is 2.00 e. The molecular formula is C33HBr6Cl10CuN7. The fourth-order valence-electron chi connectivity index (χ4n) is 6.27. The molecule has 7 aromatic rings. The van der Waals surface area contributed by atoms with E-state index in [1.807, 2.05) is 0 Å². The summed E-state index contributed by atoms with van der Waals surface area (Å²) in [5, 5.41) is 3.13. The maximum atomic E-state index is 7.00. The van der Waals surface area contributed by atoms with Crippen LogP contribution < -0.4 is 9.97 Å². The molecule has 24 heteroatoms. The molecule has 1 aliphatic heterocycles. The number of fused-ring (bicyclic) bond motifs is 20. The summed E-state index contributed by atoms with van der Waals surface area (Å²) in [5.74, 6) is 0.118. The van der Waals surface area contributed by atoms with E-state index < -0.39 is 0 Å². The van der Waals surface area contributed by atoms with Gasteiger partial charge in [-0.3, -0.25) is 0 Å². The zero-order chi connectivity index (χ0) is 40.1. The Morgan fingerprint density at radius 3 is 1.21 bits per heavy atom. The summed E-state index contributed by atoms with van der Waals surface area (Å²) in [5.41, 5.74) is 2.51. The number of halogens is 16. The molecule has 4 aromatic carbocycles. The van der Waals surface area contributed by atoms with E-state index in [0.717, 1.165) is 0 Å². The van der Waals surface area contributed by atoms with Crippen molar-refractivity contribution in [3.63, 3.8) is 0 Å². The van der Waals surface area contributed by atoms with E-state index in [-0.39, 0.29) is 107 Å². The monoisotopic (exact) mass is 1380 g/mol. The molecule has 0 spiro atoms. The Morgan fingerprint density at radius 1 is 0.333 bits per heavy atom. The molecule has 8 bridgehead atoms. The average Bonchev–Trinajstić information content (AvgIpc) is 3.92. The van der Waals surface area contributed by atoms with Crippen molar-refractivity contribution >= 4 is 256 Å². The topological polar surface area (TPSA) is 92.6 Å². The number of aromatic nitrogens is 7. The van der Waals surface area contributed by atoms with Crippen LogP contribution in [0.15, 0.2) is 32.9 Å². The second kappa shape index (κ2) is 16.0. The Hall–Kier alpha value is 0.609. The first-order chi connectivity index (χ1) is 26.4. The van der Waals surface area contributed by atoms with Gasteiger partial charge in [0.15, 0.2) is 0 Å². The Bertz CT molecular complexity index is 2840. The van der Waals surface area contributed by atoms with Crippen molar-refractivity contribution in [3.05, 3.63) is 83.1 Å². The molecule has 1 radical (unpaired) electrons. The molecule has 0 unspecified atom stereocenters. The van der Waals surface area contributed by atoms with Crippen molar-refractivity contribution in [2.75, 3.05) is 0 Å². The van der Waals surface area contributed by atoms with Crippen molar-refractivity contribution in [1.82, 2.24) is 34.9 Å². The Balaban J connectivity index is 0.00000455. The fraction of sp³-hybridized carbons (Fsp3) is 0. The zero-order valence-electron chi connectivity index (χ0n) is 26.1. The van der Waals surface area contributed by atoms with Crippen molar-refractivity contribution in [2.24, 2.45) is 0 Å². The molecule has 0 atom stereocenters. The molecule has 291 valence electrons. The van der Waals surface area contributed by atoms with E-state index in [4.69, 9.17) is 151 Å². The first-order valence-electron chi connectivity index (χ1n) is 14.7. The summed E-state index contributed by atoms with van der Waals surface area (Å²) in [6.45, 7) is 0. The molecule has 7 nitrogen and oxygen atoms in total.